The van der Waals surface area contributed by atoms with Crippen molar-refractivity contribution in [3.8, 4) is 17.2 Å². The van der Waals surface area contributed by atoms with Crippen LogP contribution in [0.1, 0.15) is 24.5 Å². The van der Waals surface area contributed by atoms with E-state index in [2.05, 4.69) is 16.7 Å². The summed E-state index contributed by atoms with van der Waals surface area (Å²) in [5.74, 6) is -1.99. The molecule has 1 heterocycles. The van der Waals surface area contributed by atoms with Gasteiger partial charge in [0.15, 0.2) is 0 Å². The fourth-order valence-electron chi connectivity index (χ4n) is 3.16. The standard InChI is InChI=1S/C26H23N3O4S2/c1-3-22(35-19-6-4-5-18(13-19)28-23(30)11-12-24(31)32)25(33)29-26-20(14-27)21(15-34-26)17-9-7-16(2)8-10-17/h4-13,15,22H,3H2,1-2H3,(H,28,30)(H,29,33)(H,31,32)/b12-11+. The maximum absolute atomic E-state index is 13.0. The smallest absolute Gasteiger partial charge is 0.328 e. The number of nitrogens with zero attached hydrogens (tertiary/aromatic N) is 1. The molecule has 1 atom stereocenters. The van der Waals surface area contributed by atoms with Crippen LogP contribution in [-0.2, 0) is 14.4 Å². The maximum Gasteiger partial charge on any atom is 0.328 e. The van der Waals surface area contributed by atoms with Crippen LogP contribution in [0.15, 0.2) is 71.0 Å². The predicted octanol–water partition coefficient (Wildman–Crippen LogP) is 5.68. The largest absolute Gasteiger partial charge is 0.478 e. The molecule has 0 saturated heterocycles. The molecule has 0 saturated carbocycles. The van der Waals surface area contributed by atoms with Crippen molar-refractivity contribution < 1.29 is 19.5 Å². The molecule has 0 spiro atoms. The van der Waals surface area contributed by atoms with E-state index in [4.69, 9.17) is 5.11 Å². The molecule has 1 unspecified atom stereocenters. The van der Waals surface area contributed by atoms with E-state index in [-0.39, 0.29) is 5.91 Å². The number of carbonyl (C=O) groups excluding carboxylic acids is 2. The number of thioether (sulfide) groups is 1. The molecule has 3 rings (SSSR count). The van der Waals surface area contributed by atoms with E-state index in [0.29, 0.717) is 22.7 Å². The predicted molar refractivity (Wildman–Crippen MR) is 140 cm³/mol. The monoisotopic (exact) mass is 505 g/mol. The van der Waals surface area contributed by atoms with E-state index in [0.717, 1.165) is 33.7 Å². The van der Waals surface area contributed by atoms with Gasteiger partial charge in [0.25, 0.3) is 0 Å². The Morgan fingerprint density at radius 2 is 1.89 bits per heavy atom. The van der Waals surface area contributed by atoms with E-state index in [1.165, 1.54) is 23.1 Å². The molecule has 0 aliphatic heterocycles. The lowest BCUT2D eigenvalue weighted by Crippen LogP contribution is -2.24. The molecule has 2 amide bonds. The van der Waals surface area contributed by atoms with Gasteiger partial charge in [0.05, 0.1) is 10.8 Å². The summed E-state index contributed by atoms with van der Waals surface area (Å²) in [5, 5.41) is 25.8. The average Bonchev–Trinajstić information content (AvgIpc) is 3.24. The summed E-state index contributed by atoms with van der Waals surface area (Å²) in [6.07, 6.45) is 2.24. The lowest BCUT2D eigenvalue weighted by molar-refractivity contribution is -0.131. The van der Waals surface area contributed by atoms with Crippen molar-refractivity contribution in [2.45, 2.75) is 30.4 Å². The van der Waals surface area contributed by atoms with Crippen molar-refractivity contribution in [3.05, 3.63) is 77.2 Å². The van der Waals surface area contributed by atoms with Gasteiger partial charge >= 0.3 is 5.97 Å². The number of nitrogens with one attached hydrogen (secondary N) is 2. The molecule has 1 aromatic heterocycles. The van der Waals surface area contributed by atoms with Crippen LogP contribution in [0.4, 0.5) is 10.7 Å². The van der Waals surface area contributed by atoms with E-state index in [9.17, 15) is 19.6 Å². The Balaban J connectivity index is 1.71. The highest BCUT2D eigenvalue weighted by Gasteiger charge is 2.22. The first kappa shape index (κ1) is 25.7. The van der Waals surface area contributed by atoms with Gasteiger partial charge in [-0.05, 0) is 37.1 Å². The minimum Gasteiger partial charge on any atom is -0.478 e. The van der Waals surface area contributed by atoms with Gasteiger partial charge in [-0.2, -0.15) is 5.26 Å². The number of thiophene rings is 1. The van der Waals surface area contributed by atoms with Crippen molar-refractivity contribution >= 4 is 51.6 Å². The molecule has 2 aromatic carbocycles. The zero-order valence-electron chi connectivity index (χ0n) is 19.1. The number of nitriles is 1. The summed E-state index contributed by atoms with van der Waals surface area (Å²) in [7, 11) is 0. The molecule has 0 bridgehead atoms. The van der Waals surface area contributed by atoms with Gasteiger partial charge < -0.3 is 15.7 Å². The van der Waals surface area contributed by atoms with Crippen LogP contribution >= 0.6 is 23.1 Å². The molecule has 0 fully saturated rings. The van der Waals surface area contributed by atoms with E-state index in [1.54, 1.807) is 18.2 Å². The molecule has 9 heteroatoms. The summed E-state index contributed by atoms with van der Waals surface area (Å²) in [5.41, 5.74) is 3.75. The van der Waals surface area contributed by atoms with Gasteiger partial charge in [-0.25, -0.2) is 4.79 Å². The number of carboxylic acids is 1. The number of carbonyl (C=O) groups is 3. The number of aryl methyl sites for hydroxylation is 1. The first-order valence-electron chi connectivity index (χ1n) is 10.7. The van der Waals surface area contributed by atoms with E-state index in [1.807, 2.05) is 49.6 Å². The molecule has 0 aliphatic carbocycles. The molecule has 3 N–H and O–H groups in total. The molecule has 0 radical (unpaired) electrons. The van der Waals surface area contributed by atoms with Gasteiger partial charge in [-0.1, -0.05) is 42.8 Å². The lowest BCUT2D eigenvalue weighted by atomic mass is 10.0. The van der Waals surface area contributed by atoms with Gasteiger partial charge in [0, 0.05) is 33.7 Å². The second-order valence-electron chi connectivity index (χ2n) is 7.52. The van der Waals surface area contributed by atoms with Gasteiger partial charge in [0.1, 0.15) is 11.1 Å². The summed E-state index contributed by atoms with van der Waals surface area (Å²) in [6.45, 7) is 3.90. The number of aliphatic carboxylic acids is 1. The summed E-state index contributed by atoms with van der Waals surface area (Å²) >= 11 is 2.66. The molecular formula is C26H23N3O4S2. The van der Waals surface area contributed by atoms with Crippen LogP contribution < -0.4 is 10.6 Å². The van der Waals surface area contributed by atoms with Crippen molar-refractivity contribution in [3.63, 3.8) is 0 Å². The maximum atomic E-state index is 13.0. The Morgan fingerprint density at radius 3 is 2.54 bits per heavy atom. The molecular weight excluding hydrogens is 482 g/mol. The summed E-state index contributed by atoms with van der Waals surface area (Å²) in [6, 6.07) is 17.1. The molecule has 0 aliphatic rings. The minimum absolute atomic E-state index is 0.217. The third-order valence-corrected chi connectivity index (χ3v) is 7.18. The molecule has 35 heavy (non-hydrogen) atoms. The highest BCUT2D eigenvalue weighted by Crippen LogP contribution is 2.36. The first-order chi connectivity index (χ1) is 16.8. The van der Waals surface area contributed by atoms with Crippen LogP contribution in [0.5, 0.6) is 0 Å². The Labute approximate surface area is 211 Å². The molecule has 178 valence electrons. The van der Waals surface area contributed by atoms with Gasteiger partial charge in [0.2, 0.25) is 11.8 Å². The Morgan fingerprint density at radius 1 is 1.14 bits per heavy atom. The van der Waals surface area contributed by atoms with Crippen molar-refractivity contribution in [1.29, 1.82) is 5.26 Å². The average molecular weight is 506 g/mol. The third-order valence-electron chi connectivity index (χ3n) is 4.92. The summed E-state index contributed by atoms with van der Waals surface area (Å²) < 4.78 is 0. The SMILES string of the molecule is CCC(Sc1cccc(NC(=O)/C=C/C(=O)O)c1)C(=O)Nc1scc(-c2ccc(C)cc2)c1C#N. The van der Waals surface area contributed by atoms with Gasteiger partial charge in [-0.3, -0.25) is 9.59 Å². The van der Waals surface area contributed by atoms with E-state index < -0.39 is 17.1 Å². The summed E-state index contributed by atoms with van der Waals surface area (Å²) in [4.78, 5) is 36.2. The number of carboxylic acid groups (broad SMARTS) is 1. The minimum atomic E-state index is -1.21. The zero-order valence-corrected chi connectivity index (χ0v) is 20.7. The number of hydrogen-bond donors (Lipinski definition) is 3. The van der Waals surface area contributed by atoms with Crippen molar-refractivity contribution in [1.82, 2.24) is 0 Å². The highest BCUT2D eigenvalue weighted by atomic mass is 32.2. The quantitative estimate of drug-likeness (QED) is 0.254. The van der Waals surface area contributed by atoms with Crippen LogP contribution in [0, 0.1) is 18.3 Å². The van der Waals surface area contributed by atoms with Crippen LogP contribution in [0.3, 0.4) is 0 Å². The van der Waals surface area contributed by atoms with Crippen molar-refractivity contribution in [2.24, 2.45) is 0 Å². The second-order valence-corrected chi connectivity index (χ2v) is 9.68. The van der Waals surface area contributed by atoms with Crippen LogP contribution in [0.2, 0.25) is 0 Å². The number of rotatable bonds is 9. The lowest BCUT2D eigenvalue weighted by Gasteiger charge is -2.15. The zero-order chi connectivity index (χ0) is 25.4. The fraction of sp³-hybridized carbons (Fsp3) is 0.154. The topological polar surface area (TPSA) is 119 Å². The Bertz CT molecular complexity index is 1310. The van der Waals surface area contributed by atoms with E-state index >= 15 is 0 Å². The number of hydrogen-bond acceptors (Lipinski definition) is 6. The normalized spacial score (nSPS) is 11.6. The molecule has 3 aromatic rings. The first-order valence-corrected chi connectivity index (χ1v) is 12.4. The van der Waals surface area contributed by atoms with Crippen molar-refractivity contribution in [2.75, 3.05) is 10.6 Å². The van der Waals surface area contributed by atoms with Gasteiger partial charge in [-0.15, -0.1) is 23.1 Å². The third kappa shape index (κ3) is 7.06. The van der Waals surface area contributed by atoms with Crippen LogP contribution in [0.25, 0.3) is 11.1 Å². The Kier molecular flexibility index (Phi) is 8.84. The highest BCUT2D eigenvalue weighted by molar-refractivity contribution is 8.00. The molecule has 7 nitrogen and oxygen atoms in total. The fourth-order valence-corrected chi connectivity index (χ4v) is 5.10. The second kappa shape index (κ2) is 12.0. The van der Waals surface area contributed by atoms with Crippen LogP contribution in [-0.4, -0.2) is 28.1 Å². The Hall–Kier alpha value is -3.87. The number of amides is 2. The number of benzene rings is 2. The number of anilines is 2.